The fraction of sp³-hybridized carbons (Fsp3) is 0.263. The maximum Gasteiger partial charge on any atom is 0.335 e. The number of benzene rings is 2. The van der Waals surface area contributed by atoms with Gasteiger partial charge in [-0.1, -0.05) is 24.3 Å². The predicted octanol–water partition coefficient (Wildman–Crippen LogP) is 2.82. The van der Waals surface area contributed by atoms with Gasteiger partial charge in [-0.15, -0.1) is 0 Å². The van der Waals surface area contributed by atoms with Crippen molar-refractivity contribution < 1.29 is 24.2 Å². The van der Waals surface area contributed by atoms with Crippen molar-refractivity contribution in [3.8, 4) is 0 Å². The predicted molar refractivity (Wildman–Crippen MR) is 88.9 cm³/mol. The number of aliphatic carboxylic acids is 1. The Labute approximate surface area is 144 Å². The van der Waals surface area contributed by atoms with Gasteiger partial charge in [-0.25, -0.2) is 9.18 Å². The van der Waals surface area contributed by atoms with E-state index >= 15 is 0 Å². The summed E-state index contributed by atoms with van der Waals surface area (Å²) in [5.41, 5.74) is 1.96. The van der Waals surface area contributed by atoms with E-state index in [-0.39, 0.29) is 17.3 Å². The number of hydrogen-bond donors (Lipinski definition) is 2. The summed E-state index contributed by atoms with van der Waals surface area (Å²) in [5.74, 6) is -2.93. The number of aromatic carboxylic acids is 1. The van der Waals surface area contributed by atoms with Crippen molar-refractivity contribution in [2.24, 2.45) is 5.92 Å². The van der Waals surface area contributed by atoms with Crippen LogP contribution in [0.3, 0.4) is 0 Å². The van der Waals surface area contributed by atoms with E-state index in [0.29, 0.717) is 19.6 Å². The molecular weight excluding hydrogens is 325 g/mol. The first-order valence-electron chi connectivity index (χ1n) is 7.97. The van der Waals surface area contributed by atoms with Crippen molar-refractivity contribution in [3.05, 3.63) is 71.0 Å². The van der Waals surface area contributed by atoms with Gasteiger partial charge in [0.05, 0.1) is 11.5 Å². The summed E-state index contributed by atoms with van der Waals surface area (Å²) >= 11 is 0. The van der Waals surface area contributed by atoms with Gasteiger partial charge >= 0.3 is 11.9 Å². The largest absolute Gasteiger partial charge is 0.481 e. The van der Waals surface area contributed by atoms with E-state index in [1.165, 1.54) is 12.1 Å². The molecule has 0 saturated carbocycles. The second kappa shape index (κ2) is 7.03. The minimum absolute atomic E-state index is 0.198. The van der Waals surface area contributed by atoms with Gasteiger partial charge in [0.15, 0.2) is 0 Å². The molecule has 0 amide bonds. The molecule has 0 aromatic heterocycles. The van der Waals surface area contributed by atoms with E-state index in [9.17, 15) is 19.1 Å². The van der Waals surface area contributed by atoms with Gasteiger partial charge in [0, 0.05) is 25.6 Å². The lowest BCUT2D eigenvalue weighted by Crippen LogP contribution is -2.23. The van der Waals surface area contributed by atoms with Gasteiger partial charge < -0.3 is 10.2 Å². The van der Waals surface area contributed by atoms with Gasteiger partial charge in [-0.3, -0.25) is 9.69 Å². The second-order valence-corrected chi connectivity index (χ2v) is 6.30. The molecule has 0 bridgehead atoms. The minimum atomic E-state index is -0.977. The molecule has 0 unspecified atom stereocenters. The van der Waals surface area contributed by atoms with Gasteiger partial charge in [0.2, 0.25) is 0 Å². The Bertz CT molecular complexity index is 773. The van der Waals surface area contributed by atoms with Crippen LogP contribution in [0.15, 0.2) is 48.5 Å². The van der Waals surface area contributed by atoms with Crippen LogP contribution in [0.25, 0.3) is 0 Å². The molecule has 25 heavy (non-hydrogen) atoms. The monoisotopic (exact) mass is 343 g/mol. The van der Waals surface area contributed by atoms with Crippen LogP contribution in [0, 0.1) is 11.7 Å². The first-order chi connectivity index (χ1) is 11.9. The van der Waals surface area contributed by atoms with Crippen molar-refractivity contribution in [2.45, 2.75) is 12.5 Å². The van der Waals surface area contributed by atoms with E-state index in [4.69, 9.17) is 5.11 Å². The average molecular weight is 343 g/mol. The standard InChI is InChI=1S/C19H18FNO4/c20-15-7-5-13(6-8-15)16-10-21(11-17(16)19(24)25)9-12-1-3-14(4-2-12)18(22)23/h1-8,16-17H,9-11H2,(H,22,23)(H,24,25)/t16-,17+/m0/s1. The third kappa shape index (κ3) is 3.85. The van der Waals surface area contributed by atoms with Crippen molar-refractivity contribution in [1.29, 1.82) is 0 Å². The van der Waals surface area contributed by atoms with E-state index in [0.717, 1.165) is 11.1 Å². The summed E-state index contributed by atoms with van der Waals surface area (Å²) in [6.45, 7) is 1.50. The summed E-state index contributed by atoms with van der Waals surface area (Å²) in [4.78, 5) is 24.5. The summed E-state index contributed by atoms with van der Waals surface area (Å²) < 4.78 is 13.1. The number of nitrogens with zero attached hydrogens (tertiary/aromatic N) is 1. The van der Waals surface area contributed by atoms with Crippen LogP contribution < -0.4 is 0 Å². The molecule has 1 aliphatic rings. The normalized spacial score (nSPS) is 20.5. The Morgan fingerprint density at radius 3 is 2.20 bits per heavy atom. The molecule has 1 fully saturated rings. The minimum Gasteiger partial charge on any atom is -0.481 e. The molecule has 2 atom stereocenters. The zero-order valence-corrected chi connectivity index (χ0v) is 13.4. The van der Waals surface area contributed by atoms with Crippen molar-refractivity contribution >= 4 is 11.9 Å². The first-order valence-corrected chi connectivity index (χ1v) is 7.97. The Morgan fingerprint density at radius 2 is 1.64 bits per heavy atom. The third-order valence-corrected chi connectivity index (χ3v) is 4.62. The van der Waals surface area contributed by atoms with Crippen LogP contribution in [0.5, 0.6) is 0 Å². The molecule has 2 N–H and O–H groups in total. The summed E-state index contributed by atoms with van der Waals surface area (Å²) in [6.07, 6.45) is 0. The number of likely N-dealkylation sites (tertiary alicyclic amines) is 1. The highest BCUT2D eigenvalue weighted by molar-refractivity contribution is 5.87. The lowest BCUT2D eigenvalue weighted by atomic mass is 9.89. The summed E-state index contributed by atoms with van der Waals surface area (Å²) in [5, 5.41) is 18.4. The van der Waals surface area contributed by atoms with Crippen LogP contribution in [0.4, 0.5) is 4.39 Å². The lowest BCUT2D eigenvalue weighted by molar-refractivity contribution is -0.141. The number of hydrogen-bond acceptors (Lipinski definition) is 3. The molecule has 3 rings (SSSR count). The van der Waals surface area contributed by atoms with Gasteiger partial charge in [0.1, 0.15) is 5.82 Å². The zero-order valence-electron chi connectivity index (χ0n) is 13.4. The fourth-order valence-electron chi connectivity index (χ4n) is 3.32. The molecule has 1 aliphatic heterocycles. The topological polar surface area (TPSA) is 77.8 Å². The highest BCUT2D eigenvalue weighted by Gasteiger charge is 2.38. The number of carboxylic acids is 2. The quantitative estimate of drug-likeness (QED) is 0.873. The highest BCUT2D eigenvalue weighted by Crippen LogP contribution is 2.33. The van der Waals surface area contributed by atoms with E-state index in [1.54, 1.807) is 36.4 Å². The van der Waals surface area contributed by atoms with Crippen molar-refractivity contribution in [3.63, 3.8) is 0 Å². The molecule has 0 radical (unpaired) electrons. The SMILES string of the molecule is O=C(O)c1ccc(CN2C[C@@H](C(=O)O)[C@H](c3ccc(F)cc3)C2)cc1. The van der Waals surface area contributed by atoms with Gasteiger partial charge in [-0.2, -0.15) is 0 Å². The molecule has 1 saturated heterocycles. The lowest BCUT2D eigenvalue weighted by Gasteiger charge is -2.16. The van der Waals surface area contributed by atoms with E-state index in [1.807, 2.05) is 4.90 Å². The van der Waals surface area contributed by atoms with Gasteiger partial charge in [0.25, 0.3) is 0 Å². The third-order valence-electron chi connectivity index (χ3n) is 4.62. The Morgan fingerprint density at radius 1 is 1.00 bits per heavy atom. The highest BCUT2D eigenvalue weighted by atomic mass is 19.1. The van der Waals surface area contributed by atoms with Crippen LogP contribution >= 0.6 is 0 Å². The maximum atomic E-state index is 13.1. The molecule has 1 heterocycles. The number of carboxylic acid groups (broad SMARTS) is 2. The average Bonchev–Trinajstić information content (AvgIpc) is 3.00. The molecule has 6 heteroatoms. The Balaban J connectivity index is 1.74. The van der Waals surface area contributed by atoms with Gasteiger partial charge in [-0.05, 0) is 35.4 Å². The van der Waals surface area contributed by atoms with Crippen LogP contribution in [0.2, 0.25) is 0 Å². The molecule has 5 nitrogen and oxygen atoms in total. The smallest absolute Gasteiger partial charge is 0.335 e. The molecule has 2 aromatic carbocycles. The Kier molecular flexibility index (Phi) is 4.81. The zero-order chi connectivity index (χ0) is 18.0. The molecule has 130 valence electrons. The Hall–Kier alpha value is -2.73. The van der Waals surface area contributed by atoms with Crippen LogP contribution in [-0.4, -0.2) is 40.1 Å². The molecule has 2 aromatic rings. The summed E-state index contributed by atoms with van der Waals surface area (Å²) in [7, 11) is 0. The number of rotatable bonds is 5. The maximum absolute atomic E-state index is 13.1. The number of halogens is 1. The van der Waals surface area contributed by atoms with E-state index in [2.05, 4.69) is 0 Å². The second-order valence-electron chi connectivity index (χ2n) is 6.30. The summed E-state index contributed by atoms with van der Waals surface area (Å²) in [6, 6.07) is 12.5. The molecular formula is C19H18FNO4. The molecule has 0 aliphatic carbocycles. The first kappa shape index (κ1) is 17.1. The van der Waals surface area contributed by atoms with Crippen molar-refractivity contribution in [2.75, 3.05) is 13.1 Å². The van der Waals surface area contributed by atoms with Crippen molar-refractivity contribution in [1.82, 2.24) is 4.90 Å². The van der Waals surface area contributed by atoms with Crippen LogP contribution in [-0.2, 0) is 11.3 Å². The molecule has 0 spiro atoms. The van der Waals surface area contributed by atoms with Crippen LogP contribution in [0.1, 0.15) is 27.4 Å². The number of carbonyl (C=O) groups is 2. The fourth-order valence-corrected chi connectivity index (χ4v) is 3.32. The van der Waals surface area contributed by atoms with E-state index < -0.39 is 17.9 Å².